The molecule has 1 heterocycles. The smallest absolute Gasteiger partial charge is 0.253 e. The molecule has 0 saturated carbocycles. The molecule has 32 heavy (non-hydrogen) atoms. The number of rotatable bonds is 7. The Morgan fingerprint density at radius 1 is 0.906 bits per heavy atom. The van der Waals surface area contributed by atoms with E-state index >= 15 is 0 Å². The molecule has 1 aromatic heterocycles. The van der Waals surface area contributed by atoms with Gasteiger partial charge in [-0.1, -0.05) is 55.5 Å². The Labute approximate surface area is 187 Å². The van der Waals surface area contributed by atoms with Gasteiger partial charge in [0, 0.05) is 5.56 Å². The highest BCUT2D eigenvalue weighted by atomic mass is 16.5. The molecule has 4 rings (SSSR count). The lowest BCUT2D eigenvalue weighted by Gasteiger charge is -2.21. The first kappa shape index (κ1) is 21.4. The Morgan fingerprint density at radius 3 is 2.28 bits per heavy atom. The number of methoxy groups -OCH3 is 2. The van der Waals surface area contributed by atoms with Crippen molar-refractivity contribution < 1.29 is 14.3 Å². The molecule has 164 valence electrons. The van der Waals surface area contributed by atoms with Crippen LogP contribution < -0.4 is 14.8 Å². The van der Waals surface area contributed by atoms with E-state index in [1.807, 2.05) is 36.4 Å². The van der Waals surface area contributed by atoms with E-state index in [0.717, 1.165) is 16.6 Å². The van der Waals surface area contributed by atoms with Gasteiger partial charge in [0.1, 0.15) is 5.52 Å². The summed E-state index contributed by atoms with van der Waals surface area (Å²) in [6, 6.07) is 20.9. The second-order valence-corrected chi connectivity index (χ2v) is 7.79. The molecule has 0 fully saturated rings. The van der Waals surface area contributed by atoms with E-state index in [9.17, 15) is 4.79 Å². The number of para-hydroxylation sites is 1. The lowest BCUT2D eigenvalue weighted by atomic mass is 10.0. The average molecular weight is 431 g/mol. The molecule has 7 nitrogen and oxygen atoms in total. The number of hydrogen-bond acceptors (Lipinski definition) is 5. The molecule has 1 N–H and O–H groups in total. The van der Waals surface area contributed by atoms with Gasteiger partial charge in [0.2, 0.25) is 0 Å². The minimum Gasteiger partial charge on any atom is -0.493 e. The van der Waals surface area contributed by atoms with E-state index < -0.39 is 6.17 Å². The van der Waals surface area contributed by atoms with Gasteiger partial charge in [0.25, 0.3) is 5.91 Å². The van der Waals surface area contributed by atoms with Crippen LogP contribution in [0.25, 0.3) is 11.0 Å². The Bertz CT molecular complexity index is 1230. The molecule has 0 unspecified atom stereocenters. The Kier molecular flexibility index (Phi) is 6.07. The molecule has 0 spiro atoms. The number of nitrogens with zero attached hydrogens (tertiary/aromatic N) is 3. The zero-order valence-electron chi connectivity index (χ0n) is 18.6. The lowest BCUT2D eigenvalue weighted by Crippen LogP contribution is -2.34. The molecule has 4 aromatic rings. The maximum absolute atomic E-state index is 13.2. The molecule has 0 saturated heterocycles. The van der Waals surface area contributed by atoms with E-state index in [-0.39, 0.29) is 5.91 Å². The highest BCUT2D eigenvalue weighted by Gasteiger charge is 2.22. The largest absolute Gasteiger partial charge is 0.493 e. The third-order valence-electron chi connectivity index (χ3n) is 5.45. The summed E-state index contributed by atoms with van der Waals surface area (Å²) in [5, 5.41) is 11.7. The van der Waals surface area contributed by atoms with Crippen LogP contribution >= 0.6 is 0 Å². The van der Waals surface area contributed by atoms with E-state index in [2.05, 4.69) is 41.6 Å². The topological polar surface area (TPSA) is 78.3 Å². The van der Waals surface area contributed by atoms with Gasteiger partial charge in [-0.25, -0.2) is 4.68 Å². The molecule has 0 aliphatic rings. The van der Waals surface area contributed by atoms with Gasteiger partial charge in [-0.15, -0.1) is 5.10 Å². The van der Waals surface area contributed by atoms with Crippen molar-refractivity contribution in [3.8, 4) is 11.5 Å². The molecule has 1 amide bonds. The zero-order valence-corrected chi connectivity index (χ0v) is 18.6. The van der Waals surface area contributed by atoms with Crippen LogP contribution in [0, 0.1) is 0 Å². The first-order valence-corrected chi connectivity index (χ1v) is 10.4. The molecule has 7 heteroatoms. The van der Waals surface area contributed by atoms with Crippen molar-refractivity contribution in [2.45, 2.75) is 25.9 Å². The van der Waals surface area contributed by atoms with Crippen molar-refractivity contribution in [3.63, 3.8) is 0 Å². The fraction of sp³-hybridized carbons (Fsp3) is 0.240. The van der Waals surface area contributed by atoms with Crippen LogP contribution in [-0.4, -0.2) is 35.1 Å². The number of hydrogen-bond donors (Lipinski definition) is 1. The van der Waals surface area contributed by atoms with Crippen molar-refractivity contribution in [2.75, 3.05) is 14.2 Å². The zero-order chi connectivity index (χ0) is 22.7. The highest BCUT2D eigenvalue weighted by molar-refractivity contribution is 5.95. The van der Waals surface area contributed by atoms with Crippen molar-refractivity contribution in [1.29, 1.82) is 0 Å². The molecular weight excluding hydrogens is 404 g/mol. The number of nitrogens with one attached hydrogen (secondary N) is 1. The molecule has 1 atom stereocenters. The second kappa shape index (κ2) is 9.09. The summed E-state index contributed by atoms with van der Waals surface area (Å²) in [4.78, 5) is 13.2. The van der Waals surface area contributed by atoms with Crippen LogP contribution in [0.1, 0.15) is 47.4 Å². The van der Waals surface area contributed by atoms with Gasteiger partial charge in [-0.2, -0.15) is 0 Å². The van der Waals surface area contributed by atoms with Crippen LogP contribution in [0.3, 0.4) is 0 Å². The Hall–Kier alpha value is -3.87. The van der Waals surface area contributed by atoms with Gasteiger partial charge < -0.3 is 14.8 Å². The predicted molar refractivity (Wildman–Crippen MR) is 123 cm³/mol. The van der Waals surface area contributed by atoms with Crippen LogP contribution in [0.15, 0.2) is 66.7 Å². The Morgan fingerprint density at radius 2 is 1.59 bits per heavy atom. The summed E-state index contributed by atoms with van der Waals surface area (Å²) >= 11 is 0. The van der Waals surface area contributed by atoms with Crippen molar-refractivity contribution in [3.05, 3.63) is 83.4 Å². The van der Waals surface area contributed by atoms with Crippen molar-refractivity contribution >= 4 is 16.9 Å². The first-order chi connectivity index (χ1) is 15.5. The minimum absolute atomic E-state index is 0.261. The number of carbonyl (C=O) groups is 1. The Balaban J connectivity index is 1.73. The molecule has 0 aliphatic carbocycles. The molecule has 3 aromatic carbocycles. The number of amides is 1. The standard InChI is InChI=1S/C25H26N4O3/c1-16(2)17-9-11-18(12-10-17)24(29-21-8-6-5-7-20(21)27-28-29)26-25(30)19-13-14-22(31-3)23(15-19)32-4/h5-16,24H,1-4H3,(H,26,30)/t24-/m1/s1. The summed E-state index contributed by atoms with van der Waals surface area (Å²) < 4.78 is 12.4. The maximum atomic E-state index is 13.2. The fourth-order valence-corrected chi connectivity index (χ4v) is 3.61. The lowest BCUT2D eigenvalue weighted by molar-refractivity contribution is 0.0927. The monoisotopic (exact) mass is 430 g/mol. The van der Waals surface area contributed by atoms with Gasteiger partial charge >= 0.3 is 0 Å². The predicted octanol–water partition coefficient (Wildman–Crippen LogP) is 4.55. The fourth-order valence-electron chi connectivity index (χ4n) is 3.61. The number of carbonyl (C=O) groups excluding carboxylic acids is 1. The number of ether oxygens (including phenoxy) is 2. The first-order valence-electron chi connectivity index (χ1n) is 10.4. The minimum atomic E-state index is -0.538. The van der Waals surface area contributed by atoms with Crippen LogP contribution in [0.5, 0.6) is 11.5 Å². The number of aromatic nitrogens is 3. The summed E-state index contributed by atoms with van der Waals surface area (Å²) in [5.74, 6) is 1.20. The normalized spacial score (nSPS) is 12.0. The van der Waals surface area contributed by atoms with Gasteiger partial charge in [-0.3, -0.25) is 4.79 Å². The summed E-state index contributed by atoms with van der Waals surface area (Å²) in [6.07, 6.45) is -0.538. The van der Waals surface area contributed by atoms with E-state index in [0.29, 0.717) is 23.0 Å². The van der Waals surface area contributed by atoms with E-state index in [1.54, 1.807) is 37.1 Å². The molecule has 0 radical (unpaired) electrons. The van der Waals surface area contributed by atoms with Crippen molar-refractivity contribution in [1.82, 2.24) is 20.3 Å². The van der Waals surface area contributed by atoms with Crippen LogP contribution in [0.2, 0.25) is 0 Å². The number of benzene rings is 3. The third-order valence-corrected chi connectivity index (χ3v) is 5.45. The summed E-state index contributed by atoms with van der Waals surface area (Å²) in [7, 11) is 3.10. The third kappa shape index (κ3) is 4.14. The van der Waals surface area contributed by atoms with Gasteiger partial charge in [-0.05, 0) is 47.4 Å². The maximum Gasteiger partial charge on any atom is 0.253 e. The summed E-state index contributed by atoms with van der Waals surface area (Å²) in [5.41, 5.74) is 4.17. The SMILES string of the molecule is COc1ccc(C(=O)N[C@@H](c2ccc(C(C)C)cc2)n2nnc3ccccc32)cc1OC. The quantitative estimate of drug-likeness (QED) is 0.465. The van der Waals surface area contributed by atoms with Crippen LogP contribution in [-0.2, 0) is 0 Å². The molecular formula is C25H26N4O3. The molecule has 0 aliphatic heterocycles. The molecule has 0 bridgehead atoms. The van der Waals surface area contributed by atoms with E-state index in [4.69, 9.17) is 9.47 Å². The number of fused-ring (bicyclic) bond motifs is 1. The van der Waals surface area contributed by atoms with Gasteiger partial charge in [0.05, 0.1) is 19.7 Å². The van der Waals surface area contributed by atoms with E-state index in [1.165, 1.54) is 5.56 Å². The van der Waals surface area contributed by atoms with Crippen LogP contribution in [0.4, 0.5) is 0 Å². The highest BCUT2D eigenvalue weighted by Crippen LogP contribution is 2.28. The van der Waals surface area contributed by atoms with Gasteiger partial charge in [0.15, 0.2) is 17.7 Å². The van der Waals surface area contributed by atoms with Crippen molar-refractivity contribution in [2.24, 2.45) is 0 Å². The second-order valence-electron chi connectivity index (χ2n) is 7.79. The average Bonchev–Trinajstić information content (AvgIpc) is 3.26. The summed E-state index contributed by atoms with van der Waals surface area (Å²) in [6.45, 7) is 4.30.